The number of thioether (sulfide) groups is 1. The van der Waals surface area contributed by atoms with Crippen LogP contribution >= 0.6 is 11.8 Å². The molecular weight excluding hydrogens is 364 g/mol. The van der Waals surface area contributed by atoms with Gasteiger partial charge in [0.05, 0.1) is 6.26 Å². The molecule has 0 fully saturated rings. The van der Waals surface area contributed by atoms with Crippen molar-refractivity contribution in [2.75, 3.05) is 6.26 Å². The molecule has 0 saturated carbocycles. The van der Waals surface area contributed by atoms with Crippen molar-refractivity contribution in [2.24, 2.45) is 0 Å². The summed E-state index contributed by atoms with van der Waals surface area (Å²) in [4.78, 5) is 1.22. The summed E-state index contributed by atoms with van der Waals surface area (Å²) in [5, 5.41) is 0.242. The van der Waals surface area contributed by atoms with Crippen LogP contribution < -0.4 is 0 Å². The van der Waals surface area contributed by atoms with Crippen LogP contribution in [0.1, 0.15) is 20.3 Å². The molecule has 2 aromatic carbocycles. The van der Waals surface area contributed by atoms with Gasteiger partial charge in [-0.05, 0) is 48.6 Å². The first-order chi connectivity index (χ1) is 12.3. The van der Waals surface area contributed by atoms with Gasteiger partial charge in [0.15, 0.2) is 0 Å². The van der Waals surface area contributed by atoms with Gasteiger partial charge in [0.2, 0.25) is 0 Å². The molecular formula is C21H22O3S2. The quantitative estimate of drug-likeness (QED) is 0.644. The van der Waals surface area contributed by atoms with E-state index in [0.29, 0.717) is 5.76 Å². The van der Waals surface area contributed by atoms with E-state index in [-0.39, 0.29) is 5.25 Å². The highest BCUT2D eigenvalue weighted by Gasteiger charge is 2.23. The van der Waals surface area contributed by atoms with E-state index in [4.69, 9.17) is 4.18 Å². The zero-order valence-electron chi connectivity index (χ0n) is 15.1. The lowest BCUT2D eigenvalue weighted by atomic mass is 9.99. The van der Waals surface area contributed by atoms with Crippen LogP contribution in [-0.4, -0.2) is 19.9 Å². The smallest absolute Gasteiger partial charge is 0.306 e. The predicted molar refractivity (Wildman–Crippen MR) is 109 cm³/mol. The molecule has 26 heavy (non-hydrogen) atoms. The summed E-state index contributed by atoms with van der Waals surface area (Å²) in [5.74, 6) is 0.487. The molecule has 5 heteroatoms. The number of allylic oxidation sites excluding steroid dienone is 2. The second kappa shape index (κ2) is 7.72. The first-order valence-corrected chi connectivity index (χ1v) is 11.1. The zero-order chi connectivity index (χ0) is 18.7. The summed E-state index contributed by atoms with van der Waals surface area (Å²) in [6.45, 7) is 3.84. The highest BCUT2D eigenvalue weighted by Crippen LogP contribution is 2.39. The zero-order valence-corrected chi connectivity index (χ0v) is 16.7. The Hall–Kier alpha value is -1.98. The van der Waals surface area contributed by atoms with Crippen molar-refractivity contribution in [3.63, 3.8) is 0 Å². The molecule has 0 bridgehead atoms. The number of hydrogen-bond acceptors (Lipinski definition) is 4. The molecule has 0 saturated heterocycles. The maximum atomic E-state index is 11.5. The molecule has 0 N–H and O–H groups in total. The van der Waals surface area contributed by atoms with Crippen molar-refractivity contribution < 1.29 is 12.6 Å². The van der Waals surface area contributed by atoms with Crippen LogP contribution in [0.3, 0.4) is 0 Å². The Labute approximate surface area is 159 Å². The van der Waals surface area contributed by atoms with E-state index in [1.807, 2.05) is 32.0 Å². The van der Waals surface area contributed by atoms with Gasteiger partial charge >= 0.3 is 10.1 Å². The second-order valence-electron chi connectivity index (χ2n) is 6.47. The Morgan fingerprint density at radius 2 is 1.65 bits per heavy atom. The molecule has 3 rings (SSSR count). The van der Waals surface area contributed by atoms with Crippen molar-refractivity contribution in [3.8, 4) is 11.1 Å². The van der Waals surface area contributed by atoms with Gasteiger partial charge in [-0.25, -0.2) is 0 Å². The Balaban J connectivity index is 1.84. The highest BCUT2D eigenvalue weighted by molar-refractivity contribution is 8.00. The lowest BCUT2D eigenvalue weighted by molar-refractivity contribution is 0.410. The molecule has 136 valence electrons. The molecule has 0 radical (unpaired) electrons. The van der Waals surface area contributed by atoms with Crippen molar-refractivity contribution in [1.29, 1.82) is 0 Å². The Morgan fingerprint density at radius 1 is 1.00 bits per heavy atom. The van der Waals surface area contributed by atoms with E-state index in [1.165, 1.54) is 16.0 Å². The Bertz CT molecular complexity index is 958. The van der Waals surface area contributed by atoms with Crippen LogP contribution in [0.2, 0.25) is 0 Å². The minimum atomic E-state index is -3.51. The summed E-state index contributed by atoms with van der Waals surface area (Å²) in [6, 6.07) is 18.7. The minimum absolute atomic E-state index is 0.242. The fraction of sp³-hybridized carbons (Fsp3) is 0.238. The van der Waals surface area contributed by atoms with E-state index in [1.54, 1.807) is 11.8 Å². The average Bonchev–Trinajstić information content (AvgIpc) is 2.59. The van der Waals surface area contributed by atoms with Gasteiger partial charge in [0, 0.05) is 10.1 Å². The van der Waals surface area contributed by atoms with Gasteiger partial charge in [-0.2, -0.15) is 8.42 Å². The highest BCUT2D eigenvalue weighted by atomic mass is 32.2. The molecule has 1 aliphatic carbocycles. The number of benzene rings is 2. The summed E-state index contributed by atoms with van der Waals surface area (Å²) < 4.78 is 28.1. The normalized spacial score (nSPS) is 17.8. The fourth-order valence-corrected chi connectivity index (χ4v) is 5.08. The third-order valence-electron chi connectivity index (χ3n) is 4.17. The molecule has 1 unspecified atom stereocenters. The molecule has 1 aliphatic rings. The number of rotatable bonds is 5. The molecule has 0 amide bonds. The molecule has 3 nitrogen and oxygen atoms in total. The van der Waals surface area contributed by atoms with Crippen LogP contribution in [0.5, 0.6) is 0 Å². The number of hydrogen-bond donors (Lipinski definition) is 0. The fourth-order valence-electron chi connectivity index (χ4n) is 3.10. The van der Waals surface area contributed by atoms with E-state index < -0.39 is 10.1 Å². The van der Waals surface area contributed by atoms with Crippen LogP contribution in [0, 0.1) is 0 Å². The first-order valence-electron chi connectivity index (χ1n) is 8.42. The standard InChI is InChI=1S/C21H22O3S2/c1-15-13-18(14-16(2)21(15)24-26(3,22)23)25-20-12-8-7-11-19(20)17-9-5-4-6-10-17/h4-13,18H,14H2,1-3H3. The molecule has 0 heterocycles. The van der Waals surface area contributed by atoms with E-state index in [0.717, 1.165) is 23.8 Å². The lowest BCUT2D eigenvalue weighted by Gasteiger charge is -2.23. The van der Waals surface area contributed by atoms with Gasteiger partial charge in [-0.15, -0.1) is 11.8 Å². The van der Waals surface area contributed by atoms with E-state index >= 15 is 0 Å². The van der Waals surface area contributed by atoms with Crippen molar-refractivity contribution in [2.45, 2.75) is 30.4 Å². The predicted octanol–water partition coefficient (Wildman–Crippen LogP) is 5.41. The summed E-state index contributed by atoms with van der Waals surface area (Å²) in [6.07, 6.45) is 3.94. The SMILES string of the molecule is CC1=CC(Sc2ccccc2-c2ccccc2)CC(C)=C1OS(C)(=O)=O. The monoisotopic (exact) mass is 386 g/mol. The summed E-state index contributed by atoms with van der Waals surface area (Å²) in [5.41, 5.74) is 4.24. The molecule has 0 spiro atoms. The molecule has 2 aromatic rings. The first kappa shape index (κ1) is 18.8. The maximum Gasteiger partial charge on any atom is 0.306 e. The van der Waals surface area contributed by atoms with Crippen molar-refractivity contribution in [3.05, 3.63) is 77.6 Å². The van der Waals surface area contributed by atoms with E-state index in [9.17, 15) is 8.42 Å². The molecule has 0 aliphatic heterocycles. The largest absolute Gasteiger partial charge is 0.382 e. The van der Waals surface area contributed by atoms with Crippen molar-refractivity contribution >= 4 is 21.9 Å². The second-order valence-corrected chi connectivity index (χ2v) is 9.33. The minimum Gasteiger partial charge on any atom is -0.382 e. The lowest BCUT2D eigenvalue weighted by Crippen LogP contribution is -2.13. The summed E-state index contributed by atoms with van der Waals surface area (Å²) in [7, 11) is -3.51. The topological polar surface area (TPSA) is 43.4 Å². The molecule has 0 aromatic heterocycles. The van der Waals surface area contributed by atoms with Gasteiger partial charge in [-0.3, -0.25) is 0 Å². The van der Waals surface area contributed by atoms with Gasteiger partial charge < -0.3 is 4.18 Å². The van der Waals surface area contributed by atoms with Gasteiger partial charge in [0.25, 0.3) is 0 Å². The maximum absolute atomic E-state index is 11.5. The average molecular weight is 387 g/mol. The van der Waals surface area contributed by atoms with E-state index in [2.05, 4.69) is 42.5 Å². The van der Waals surface area contributed by atoms with Crippen LogP contribution in [0.4, 0.5) is 0 Å². The van der Waals surface area contributed by atoms with Gasteiger partial charge in [-0.1, -0.05) is 54.6 Å². The van der Waals surface area contributed by atoms with Crippen LogP contribution in [0.25, 0.3) is 11.1 Å². The third-order valence-corrected chi connectivity index (χ3v) is 5.86. The molecule has 1 atom stereocenters. The Kier molecular flexibility index (Phi) is 5.58. The van der Waals surface area contributed by atoms with Crippen LogP contribution in [0.15, 0.2) is 82.5 Å². The summed E-state index contributed by atoms with van der Waals surface area (Å²) >= 11 is 1.80. The van der Waals surface area contributed by atoms with Gasteiger partial charge in [0.1, 0.15) is 5.76 Å². The third kappa shape index (κ3) is 4.59. The van der Waals surface area contributed by atoms with Crippen molar-refractivity contribution in [1.82, 2.24) is 0 Å². The Morgan fingerprint density at radius 3 is 2.31 bits per heavy atom. The van der Waals surface area contributed by atoms with Crippen LogP contribution in [-0.2, 0) is 14.3 Å².